The maximum absolute atomic E-state index is 13.6. The topological polar surface area (TPSA) is 114 Å². The number of ether oxygens (including phenoxy) is 1. The van der Waals surface area contributed by atoms with E-state index in [4.69, 9.17) is 13.8 Å². The molecule has 0 bridgehead atoms. The van der Waals surface area contributed by atoms with Gasteiger partial charge in [0.25, 0.3) is 7.82 Å². The minimum absolute atomic E-state index is 0.0337. The summed E-state index contributed by atoms with van der Waals surface area (Å²) < 4.78 is 30.5. The van der Waals surface area contributed by atoms with E-state index in [2.05, 4.69) is 160 Å². The van der Waals surface area contributed by atoms with Crippen LogP contribution in [0, 0.1) is 0 Å². The minimum Gasteiger partial charge on any atom is -0.756 e. The normalized spacial score (nSPS) is 14.4. The molecule has 0 aromatic heterocycles. The first-order chi connectivity index (χ1) is 43.4. The van der Waals surface area contributed by atoms with Crippen molar-refractivity contribution in [1.29, 1.82) is 0 Å². The minimum atomic E-state index is -4.72. The number of phosphoric ester groups is 1. The lowest BCUT2D eigenvalue weighted by Gasteiger charge is -2.30. The van der Waals surface area contributed by atoms with Crippen molar-refractivity contribution in [2.75, 3.05) is 40.9 Å². The van der Waals surface area contributed by atoms with Crippen molar-refractivity contribution in [2.45, 2.75) is 303 Å². The molecule has 10 heteroatoms. The quantitative estimate of drug-likeness (QED) is 0.0212. The Balaban J connectivity index is 5.15. The average Bonchev–Trinajstić information content (AvgIpc) is 3.65. The molecule has 0 rings (SSSR count). The summed E-state index contributed by atoms with van der Waals surface area (Å²) in [5, 5.41) is 3.04. The van der Waals surface area contributed by atoms with E-state index >= 15 is 0 Å². The first-order valence-electron chi connectivity index (χ1n) is 36.1. The Morgan fingerprint density at radius 3 is 1.08 bits per heavy atom. The maximum Gasteiger partial charge on any atom is 0.306 e. The number of hydrogen-bond acceptors (Lipinski definition) is 7. The van der Waals surface area contributed by atoms with Gasteiger partial charge in [-0.05, 0) is 128 Å². The highest BCUT2D eigenvalue weighted by Crippen LogP contribution is 2.38. The molecule has 0 aliphatic heterocycles. The molecule has 0 heterocycles. The summed E-state index contributed by atoms with van der Waals surface area (Å²) in [4.78, 5) is 40.3. The maximum atomic E-state index is 13.6. The van der Waals surface area contributed by atoms with Gasteiger partial charge in [0.1, 0.15) is 19.3 Å². The number of unbranched alkanes of at least 4 members (excludes halogenated alkanes) is 26. The molecule has 0 aromatic rings. The zero-order valence-corrected chi connectivity index (χ0v) is 59.0. The van der Waals surface area contributed by atoms with Crippen LogP contribution in [0.15, 0.2) is 146 Å². The molecule has 508 valence electrons. The van der Waals surface area contributed by atoms with Gasteiger partial charge in [-0.1, -0.05) is 295 Å². The molecule has 0 aliphatic rings. The SMILES string of the molecule is CC/C=C\C/C=C\C/C=C\C/C=C\C/C=C\C/C=C\CCCCCCCCCCC(=O)NC(COP(=O)([O-])OCC[N+](C)(C)C)C(/C=C\CCCCCCCCCCCCC)OC(=O)CCCCCCCCC/C=C\C/C=C\C/C=C\C/C=C\C/C=C\CC. The predicted octanol–water partition coefficient (Wildman–Crippen LogP) is 22.7. The van der Waals surface area contributed by atoms with Crippen molar-refractivity contribution in [1.82, 2.24) is 5.32 Å². The molecule has 0 saturated carbocycles. The molecular weight excluding hydrogens is 1120 g/mol. The second-order valence-electron chi connectivity index (χ2n) is 25.0. The predicted molar refractivity (Wildman–Crippen MR) is 385 cm³/mol. The first kappa shape index (κ1) is 84.9. The van der Waals surface area contributed by atoms with Gasteiger partial charge >= 0.3 is 5.97 Å². The number of rotatable bonds is 64. The Bertz CT molecular complexity index is 2030. The van der Waals surface area contributed by atoms with Crippen molar-refractivity contribution in [2.24, 2.45) is 0 Å². The lowest BCUT2D eigenvalue weighted by atomic mass is 10.0. The first-order valence-corrected chi connectivity index (χ1v) is 37.6. The zero-order chi connectivity index (χ0) is 64.9. The molecule has 0 aliphatic carbocycles. The number of hydrogen-bond donors (Lipinski definition) is 1. The molecule has 1 N–H and O–H groups in total. The third-order valence-electron chi connectivity index (χ3n) is 15.3. The number of likely N-dealkylation sites (N-methyl/N-ethyl adjacent to an activating group) is 1. The Hall–Kier alpha value is -4.11. The van der Waals surface area contributed by atoms with Gasteiger partial charge in [-0.15, -0.1) is 0 Å². The van der Waals surface area contributed by atoms with Crippen molar-refractivity contribution < 1.29 is 37.3 Å². The fraction of sp³-hybridized carbons (Fsp3) is 0.671. The van der Waals surface area contributed by atoms with Crippen LogP contribution in [0.2, 0.25) is 0 Å². The number of quaternary nitrogens is 1. The lowest BCUT2D eigenvalue weighted by Crippen LogP contribution is -2.47. The summed E-state index contributed by atoms with van der Waals surface area (Å²) in [5.41, 5.74) is 0. The smallest absolute Gasteiger partial charge is 0.306 e. The van der Waals surface area contributed by atoms with Crippen LogP contribution in [-0.2, 0) is 27.9 Å². The number of carbonyl (C=O) groups excluding carboxylic acids is 2. The third-order valence-corrected chi connectivity index (χ3v) is 16.2. The van der Waals surface area contributed by atoms with Crippen molar-refractivity contribution in [3.63, 3.8) is 0 Å². The molecule has 1 amide bonds. The molecule has 9 nitrogen and oxygen atoms in total. The third kappa shape index (κ3) is 68.1. The van der Waals surface area contributed by atoms with Gasteiger partial charge in [-0.2, -0.15) is 0 Å². The van der Waals surface area contributed by atoms with Crippen LogP contribution >= 0.6 is 7.82 Å². The summed E-state index contributed by atoms with van der Waals surface area (Å²) in [6.07, 6.45) is 96.8. The fourth-order valence-corrected chi connectivity index (χ4v) is 10.5. The number of amides is 1. The molecule has 3 unspecified atom stereocenters. The summed E-state index contributed by atoms with van der Waals surface area (Å²) in [6.45, 7) is 6.61. The van der Waals surface area contributed by atoms with E-state index in [1.54, 1.807) is 0 Å². The Labute approximate surface area is 548 Å². The standard InChI is InChI=1S/C79H135N2O7P/c1-7-10-13-16-19-22-25-28-30-32-34-36-38-39-40-41-43-44-46-48-50-53-56-59-62-65-68-71-78(82)80-76(75-87-89(84,85)86-74-73-81(4,5)6)77(70-67-64-61-58-55-52-27-24-21-18-15-12-9-3)88-79(83)72-69-66-63-60-57-54-51-49-47-45-42-37-35-33-31-29-26-23-20-17-14-11-8-2/h10-11,13-14,19-20,22-23,28-31,34-37,39-40,43-45,47,67,70,76-77H,7-9,12,15-18,21,24-27,32-33,38,41-42,46,48-66,68-69,71-75H2,1-6H3,(H-,80,82,84,85)/b13-10-,14-11-,22-19-,23-20-,30-28-,31-29-,36-34-,37-35-,40-39-,44-43-,47-45-,70-67-. The highest BCUT2D eigenvalue weighted by molar-refractivity contribution is 7.45. The second kappa shape index (κ2) is 66.8. The second-order valence-corrected chi connectivity index (χ2v) is 26.4. The van der Waals surface area contributed by atoms with Crippen LogP contribution < -0.4 is 10.2 Å². The van der Waals surface area contributed by atoms with Gasteiger partial charge < -0.3 is 28.5 Å². The van der Waals surface area contributed by atoms with Gasteiger partial charge in [0.2, 0.25) is 5.91 Å². The average molecular weight is 1260 g/mol. The van der Waals surface area contributed by atoms with E-state index in [1.165, 1.54) is 103 Å². The summed E-state index contributed by atoms with van der Waals surface area (Å²) in [6, 6.07) is -0.910. The molecule has 0 fully saturated rings. The zero-order valence-electron chi connectivity index (χ0n) is 58.1. The van der Waals surface area contributed by atoms with Gasteiger partial charge in [0.05, 0.1) is 33.8 Å². The summed E-state index contributed by atoms with van der Waals surface area (Å²) in [5.74, 6) is -0.568. The monoisotopic (exact) mass is 1260 g/mol. The van der Waals surface area contributed by atoms with Crippen molar-refractivity contribution in [3.8, 4) is 0 Å². The van der Waals surface area contributed by atoms with Crippen molar-refractivity contribution in [3.05, 3.63) is 146 Å². The lowest BCUT2D eigenvalue weighted by molar-refractivity contribution is -0.870. The van der Waals surface area contributed by atoms with Gasteiger partial charge in [-0.3, -0.25) is 14.2 Å². The number of nitrogens with zero attached hydrogens (tertiary/aromatic N) is 1. The molecule has 0 spiro atoms. The van der Waals surface area contributed by atoms with E-state index in [-0.39, 0.29) is 24.9 Å². The Morgan fingerprint density at radius 2 is 0.719 bits per heavy atom. The summed E-state index contributed by atoms with van der Waals surface area (Å²) in [7, 11) is 1.15. The molecule has 0 radical (unpaired) electrons. The molecule has 3 atom stereocenters. The van der Waals surface area contributed by atoms with Gasteiger partial charge in [-0.25, -0.2) is 0 Å². The summed E-state index contributed by atoms with van der Waals surface area (Å²) >= 11 is 0. The Morgan fingerprint density at radius 1 is 0.404 bits per heavy atom. The highest BCUT2D eigenvalue weighted by atomic mass is 31.2. The van der Waals surface area contributed by atoms with E-state index in [1.807, 2.05) is 33.3 Å². The number of phosphoric acid groups is 1. The van der Waals surface area contributed by atoms with Crippen molar-refractivity contribution >= 4 is 19.7 Å². The largest absolute Gasteiger partial charge is 0.756 e. The van der Waals surface area contributed by atoms with Crippen LogP contribution in [0.25, 0.3) is 0 Å². The van der Waals surface area contributed by atoms with Crippen LogP contribution in [0.3, 0.4) is 0 Å². The highest BCUT2D eigenvalue weighted by Gasteiger charge is 2.27. The fourth-order valence-electron chi connectivity index (χ4n) is 9.79. The molecule has 0 aromatic carbocycles. The number of allylic oxidation sites excluding steroid dienone is 23. The van der Waals surface area contributed by atoms with E-state index in [9.17, 15) is 19.0 Å². The number of nitrogens with one attached hydrogen (secondary N) is 1. The van der Waals surface area contributed by atoms with Gasteiger partial charge in [0.15, 0.2) is 0 Å². The molecule has 89 heavy (non-hydrogen) atoms. The number of carbonyl (C=O) groups is 2. The van der Waals surface area contributed by atoms with Crippen LogP contribution in [0.5, 0.6) is 0 Å². The van der Waals surface area contributed by atoms with Crippen LogP contribution in [0.1, 0.15) is 290 Å². The van der Waals surface area contributed by atoms with E-state index in [0.29, 0.717) is 23.9 Å². The number of esters is 1. The van der Waals surface area contributed by atoms with E-state index in [0.717, 1.165) is 148 Å². The molecule has 0 saturated heterocycles. The van der Waals surface area contributed by atoms with Gasteiger partial charge in [0, 0.05) is 12.8 Å². The van der Waals surface area contributed by atoms with E-state index < -0.39 is 26.6 Å². The van der Waals surface area contributed by atoms with Crippen LogP contribution in [-0.4, -0.2) is 69.4 Å². The Kier molecular flexibility index (Phi) is 63.7. The van der Waals surface area contributed by atoms with Crippen LogP contribution in [0.4, 0.5) is 0 Å². The molecular formula is C79H135N2O7P.